The molecule has 1 aliphatic rings. The fraction of sp³-hybridized carbons (Fsp3) is 0.625. The van der Waals surface area contributed by atoms with Crippen molar-refractivity contribution in [2.75, 3.05) is 6.54 Å². The molecule has 0 bridgehead atoms. The van der Waals surface area contributed by atoms with Crippen molar-refractivity contribution in [1.82, 2.24) is 5.32 Å². The molecular weight excluding hydrogens is 321 g/mol. The number of ether oxygens (including phenoxy) is 1. The Balaban J connectivity index is 2.38. The molecule has 1 fully saturated rings. The minimum Gasteiger partial charge on any atom is -0.375 e. The maximum Gasteiger partial charge on any atom is 0.128 e. The van der Waals surface area contributed by atoms with Crippen LogP contribution in [0.25, 0.3) is 0 Å². The van der Waals surface area contributed by atoms with E-state index >= 15 is 0 Å². The van der Waals surface area contributed by atoms with Gasteiger partial charge in [-0.15, -0.1) is 0 Å². The van der Waals surface area contributed by atoms with E-state index in [-0.39, 0.29) is 30.0 Å². The highest BCUT2D eigenvalue weighted by Gasteiger charge is 2.42. The summed E-state index contributed by atoms with van der Waals surface area (Å²) in [6, 6.07) is 5.12. The van der Waals surface area contributed by atoms with Crippen LogP contribution in [0, 0.1) is 17.7 Å². The Morgan fingerprint density at radius 2 is 2.00 bits per heavy atom. The lowest BCUT2D eigenvalue weighted by Crippen LogP contribution is -2.35. The van der Waals surface area contributed by atoms with Gasteiger partial charge in [0.25, 0.3) is 0 Å². The van der Waals surface area contributed by atoms with Crippen LogP contribution in [0.15, 0.2) is 22.7 Å². The zero-order valence-electron chi connectivity index (χ0n) is 12.5. The van der Waals surface area contributed by atoms with Gasteiger partial charge >= 0.3 is 0 Å². The van der Waals surface area contributed by atoms with E-state index in [4.69, 9.17) is 4.74 Å². The van der Waals surface area contributed by atoms with E-state index in [0.717, 1.165) is 16.6 Å². The number of benzene rings is 1. The molecule has 0 spiro atoms. The predicted molar refractivity (Wildman–Crippen MR) is 83.2 cm³/mol. The molecule has 0 aliphatic carbocycles. The van der Waals surface area contributed by atoms with Gasteiger partial charge in [-0.25, -0.2) is 4.39 Å². The number of hydrogen-bond donors (Lipinski definition) is 1. The molecule has 1 aromatic carbocycles. The maximum absolute atomic E-state index is 14.2. The first-order valence-electron chi connectivity index (χ1n) is 7.29. The molecule has 1 N–H and O–H groups in total. The minimum atomic E-state index is -0.155. The Morgan fingerprint density at radius 1 is 1.30 bits per heavy atom. The molecule has 1 aromatic rings. The van der Waals surface area contributed by atoms with E-state index in [0.29, 0.717) is 5.92 Å². The Morgan fingerprint density at radius 3 is 2.55 bits per heavy atom. The highest BCUT2D eigenvalue weighted by atomic mass is 79.9. The quantitative estimate of drug-likeness (QED) is 0.879. The molecule has 2 nitrogen and oxygen atoms in total. The maximum atomic E-state index is 14.2. The smallest absolute Gasteiger partial charge is 0.128 e. The molecular formula is C16H23BrFNO. The van der Waals surface area contributed by atoms with Crippen molar-refractivity contribution >= 4 is 15.9 Å². The lowest BCUT2D eigenvalue weighted by atomic mass is 9.80. The normalized spacial score (nSPS) is 31.5. The van der Waals surface area contributed by atoms with Crippen LogP contribution in [0.5, 0.6) is 0 Å². The van der Waals surface area contributed by atoms with E-state index in [1.165, 1.54) is 6.07 Å². The van der Waals surface area contributed by atoms with Crippen LogP contribution < -0.4 is 5.32 Å². The Labute approximate surface area is 129 Å². The monoisotopic (exact) mass is 343 g/mol. The first kappa shape index (κ1) is 15.9. The zero-order valence-corrected chi connectivity index (χ0v) is 14.1. The molecule has 1 heterocycles. The highest BCUT2D eigenvalue weighted by Crippen LogP contribution is 2.41. The summed E-state index contributed by atoms with van der Waals surface area (Å²) in [5, 5.41) is 3.45. The van der Waals surface area contributed by atoms with Gasteiger partial charge in [0.15, 0.2) is 0 Å². The molecule has 20 heavy (non-hydrogen) atoms. The lowest BCUT2D eigenvalue weighted by molar-refractivity contribution is 0.0474. The second kappa shape index (κ2) is 6.54. The first-order chi connectivity index (χ1) is 9.45. The van der Waals surface area contributed by atoms with Crippen molar-refractivity contribution in [1.29, 1.82) is 0 Å². The molecule has 1 saturated heterocycles. The molecule has 0 saturated carbocycles. The average Bonchev–Trinajstić information content (AvgIpc) is 2.64. The van der Waals surface area contributed by atoms with Crippen LogP contribution in [-0.2, 0) is 4.74 Å². The molecule has 112 valence electrons. The van der Waals surface area contributed by atoms with Crippen LogP contribution in [0.4, 0.5) is 4.39 Å². The van der Waals surface area contributed by atoms with Crippen LogP contribution in [0.2, 0.25) is 0 Å². The largest absolute Gasteiger partial charge is 0.375 e. The predicted octanol–water partition coefficient (Wildman–Crippen LogP) is 4.30. The van der Waals surface area contributed by atoms with E-state index in [2.05, 4.69) is 48.9 Å². The summed E-state index contributed by atoms with van der Waals surface area (Å²) in [6.07, 6.45) is 0.341. The summed E-state index contributed by atoms with van der Waals surface area (Å²) in [5.41, 5.74) is 0.725. The van der Waals surface area contributed by atoms with Gasteiger partial charge in [-0.1, -0.05) is 29.8 Å². The zero-order chi connectivity index (χ0) is 14.9. The van der Waals surface area contributed by atoms with Gasteiger partial charge in [-0.3, -0.25) is 0 Å². The summed E-state index contributed by atoms with van der Waals surface area (Å²) in [5.74, 6) is 0.513. The van der Waals surface area contributed by atoms with Crippen LogP contribution in [0.3, 0.4) is 0 Å². The molecule has 0 amide bonds. The molecule has 5 atom stereocenters. The van der Waals surface area contributed by atoms with Crippen molar-refractivity contribution in [2.45, 2.75) is 45.9 Å². The third-order valence-corrected chi connectivity index (χ3v) is 4.91. The Bertz CT molecular complexity index is 468. The number of halogens is 2. The topological polar surface area (TPSA) is 21.3 Å². The second-order valence-corrected chi connectivity index (χ2v) is 6.60. The summed E-state index contributed by atoms with van der Waals surface area (Å²) in [7, 11) is 0. The number of hydrogen-bond acceptors (Lipinski definition) is 2. The fourth-order valence-corrected chi connectivity index (χ4v) is 3.67. The second-order valence-electron chi connectivity index (χ2n) is 5.68. The molecule has 5 unspecified atom stereocenters. The third kappa shape index (κ3) is 3.07. The van der Waals surface area contributed by atoms with Crippen LogP contribution in [-0.4, -0.2) is 18.8 Å². The molecule has 0 radical (unpaired) electrons. The van der Waals surface area contributed by atoms with E-state index < -0.39 is 0 Å². The minimum absolute atomic E-state index is 0.0209. The standard InChI is InChI=1S/C16H23BrFNO/c1-5-19-16(13-8-12(17)6-7-14(13)18)15-9(2)10(3)20-11(15)4/h6-11,15-16,19H,5H2,1-4H3. The van der Waals surface area contributed by atoms with Crippen LogP contribution >= 0.6 is 15.9 Å². The van der Waals surface area contributed by atoms with Crippen molar-refractivity contribution in [3.63, 3.8) is 0 Å². The summed E-state index contributed by atoms with van der Waals surface area (Å²) in [6.45, 7) is 9.24. The first-order valence-corrected chi connectivity index (χ1v) is 8.08. The lowest BCUT2D eigenvalue weighted by Gasteiger charge is -2.30. The van der Waals surface area contributed by atoms with Gasteiger partial charge in [-0.2, -0.15) is 0 Å². The summed E-state index contributed by atoms with van der Waals surface area (Å²) >= 11 is 3.44. The fourth-order valence-electron chi connectivity index (χ4n) is 3.29. The number of rotatable bonds is 4. The average molecular weight is 344 g/mol. The van der Waals surface area contributed by atoms with Gasteiger partial charge in [-0.05, 0) is 44.5 Å². The molecule has 4 heteroatoms. The van der Waals surface area contributed by atoms with Gasteiger partial charge in [0.05, 0.1) is 12.2 Å². The summed E-state index contributed by atoms with van der Waals surface area (Å²) < 4.78 is 21.1. The van der Waals surface area contributed by atoms with Crippen molar-refractivity contribution in [3.05, 3.63) is 34.1 Å². The molecule has 2 rings (SSSR count). The van der Waals surface area contributed by atoms with Gasteiger partial charge < -0.3 is 10.1 Å². The highest BCUT2D eigenvalue weighted by molar-refractivity contribution is 9.10. The molecule has 1 aliphatic heterocycles. The number of nitrogens with one attached hydrogen (secondary N) is 1. The molecule has 0 aromatic heterocycles. The van der Waals surface area contributed by atoms with Gasteiger partial charge in [0.2, 0.25) is 0 Å². The van der Waals surface area contributed by atoms with E-state index in [9.17, 15) is 4.39 Å². The van der Waals surface area contributed by atoms with E-state index in [1.54, 1.807) is 6.07 Å². The van der Waals surface area contributed by atoms with Crippen molar-refractivity contribution in [2.24, 2.45) is 11.8 Å². The van der Waals surface area contributed by atoms with Gasteiger partial charge in [0.1, 0.15) is 5.82 Å². The Hall–Kier alpha value is -0.450. The van der Waals surface area contributed by atoms with Gasteiger partial charge in [0, 0.05) is 22.0 Å². The van der Waals surface area contributed by atoms with Crippen molar-refractivity contribution < 1.29 is 9.13 Å². The third-order valence-electron chi connectivity index (χ3n) is 4.42. The summed E-state index contributed by atoms with van der Waals surface area (Å²) in [4.78, 5) is 0. The Kier molecular flexibility index (Phi) is 5.21. The van der Waals surface area contributed by atoms with Crippen LogP contribution in [0.1, 0.15) is 39.3 Å². The van der Waals surface area contributed by atoms with E-state index in [1.807, 2.05) is 6.07 Å². The van der Waals surface area contributed by atoms with Crippen molar-refractivity contribution in [3.8, 4) is 0 Å². The SMILES string of the molecule is CCNC(c1cc(Br)ccc1F)C1C(C)OC(C)C1C.